The van der Waals surface area contributed by atoms with Gasteiger partial charge in [0.15, 0.2) is 0 Å². The smallest absolute Gasteiger partial charge is 0.407 e. The van der Waals surface area contributed by atoms with Crippen molar-refractivity contribution in [3.05, 3.63) is 63.8 Å². The molecule has 9 heteroatoms. The number of benzene rings is 2. The third-order valence-electron chi connectivity index (χ3n) is 4.14. The Morgan fingerprint density at radius 3 is 2.55 bits per heavy atom. The van der Waals surface area contributed by atoms with Gasteiger partial charge in [0, 0.05) is 22.0 Å². The largest absolute Gasteiger partial charge is 0.449 e. The van der Waals surface area contributed by atoms with Crippen LogP contribution in [0.1, 0.15) is 47.2 Å². The summed E-state index contributed by atoms with van der Waals surface area (Å²) in [5.74, 6) is -1.38. The molecule has 3 amide bonds. The molecule has 0 bridgehead atoms. The highest BCUT2D eigenvalue weighted by atomic mass is 79.9. The lowest BCUT2D eigenvalue weighted by atomic mass is 10.1. The molecule has 0 fully saturated rings. The first-order chi connectivity index (χ1) is 14.5. The Morgan fingerprint density at radius 2 is 1.87 bits per heavy atom. The van der Waals surface area contributed by atoms with E-state index in [0.29, 0.717) is 22.1 Å². The van der Waals surface area contributed by atoms with E-state index in [1.54, 1.807) is 63.2 Å². The number of nitrogens with one attached hydrogen (secondary N) is 2. The van der Waals surface area contributed by atoms with Crippen LogP contribution < -0.4 is 16.4 Å². The maximum Gasteiger partial charge on any atom is 0.407 e. The second-order valence-electron chi connectivity index (χ2n) is 7.82. The fourth-order valence-electron chi connectivity index (χ4n) is 2.86. The molecule has 4 N–H and O–H groups in total. The van der Waals surface area contributed by atoms with Crippen molar-refractivity contribution in [2.24, 2.45) is 5.73 Å². The van der Waals surface area contributed by atoms with Crippen LogP contribution in [0.15, 0.2) is 51.4 Å². The molecular weight excluding hydrogens is 466 g/mol. The first-order valence-electron chi connectivity index (χ1n) is 9.42. The predicted molar refractivity (Wildman–Crippen MR) is 120 cm³/mol. The van der Waals surface area contributed by atoms with Gasteiger partial charge in [0.1, 0.15) is 16.9 Å². The van der Waals surface area contributed by atoms with Gasteiger partial charge in [-0.15, -0.1) is 0 Å². The third kappa shape index (κ3) is 5.64. The number of carbonyl (C=O) groups excluding carboxylic acids is 3. The molecule has 162 valence electrons. The molecule has 2 aromatic carbocycles. The second kappa shape index (κ2) is 8.81. The van der Waals surface area contributed by atoms with Crippen LogP contribution in [0, 0.1) is 0 Å². The maximum absolute atomic E-state index is 12.9. The molecule has 0 saturated carbocycles. The van der Waals surface area contributed by atoms with Gasteiger partial charge in [-0.05, 0) is 56.7 Å². The molecule has 0 spiro atoms. The fraction of sp³-hybridized carbons (Fsp3) is 0.227. The van der Waals surface area contributed by atoms with Crippen LogP contribution in [0.25, 0.3) is 11.0 Å². The van der Waals surface area contributed by atoms with Crippen molar-refractivity contribution in [3.63, 3.8) is 0 Å². The first kappa shape index (κ1) is 22.4. The zero-order valence-electron chi connectivity index (χ0n) is 17.2. The number of rotatable bonds is 5. The summed E-state index contributed by atoms with van der Waals surface area (Å²) in [6, 6.07) is 11.9. The number of hydrogen-bond acceptors (Lipinski definition) is 5. The van der Waals surface area contributed by atoms with Crippen molar-refractivity contribution < 1.29 is 23.5 Å². The lowest BCUT2D eigenvalue weighted by Gasteiger charge is -2.19. The highest BCUT2D eigenvalue weighted by Crippen LogP contribution is 2.33. The molecule has 0 saturated heterocycles. The number of nitrogens with two attached hydrogens (primary N) is 1. The third-order valence-corrected chi connectivity index (χ3v) is 4.63. The highest BCUT2D eigenvalue weighted by Gasteiger charge is 2.21. The van der Waals surface area contributed by atoms with E-state index in [0.717, 1.165) is 4.47 Å². The van der Waals surface area contributed by atoms with E-state index >= 15 is 0 Å². The summed E-state index contributed by atoms with van der Waals surface area (Å²) >= 11 is 3.37. The minimum Gasteiger partial charge on any atom is -0.449 e. The van der Waals surface area contributed by atoms with Crippen molar-refractivity contribution in [1.82, 2.24) is 5.32 Å². The van der Waals surface area contributed by atoms with Crippen LogP contribution in [-0.4, -0.2) is 23.5 Å². The van der Waals surface area contributed by atoms with Crippen LogP contribution in [0.4, 0.5) is 10.5 Å². The molecular formula is C22H22BrN3O5. The van der Waals surface area contributed by atoms with Gasteiger partial charge < -0.3 is 25.5 Å². The summed E-state index contributed by atoms with van der Waals surface area (Å²) < 4.78 is 11.5. The number of amides is 3. The van der Waals surface area contributed by atoms with E-state index in [9.17, 15) is 14.4 Å². The Morgan fingerprint density at radius 1 is 1.13 bits per heavy atom. The number of ether oxygens (including phenoxy) is 1. The van der Waals surface area contributed by atoms with Crippen molar-refractivity contribution in [1.29, 1.82) is 0 Å². The van der Waals surface area contributed by atoms with E-state index in [-0.39, 0.29) is 18.0 Å². The highest BCUT2D eigenvalue weighted by molar-refractivity contribution is 9.10. The Balaban J connectivity index is 1.79. The number of primary amides is 1. The number of alkyl carbamates (subject to hydrolysis) is 1. The van der Waals surface area contributed by atoms with E-state index in [2.05, 4.69) is 26.6 Å². The minimum absolute atomic E-state index is 0.135. The Bertz CT molecular complexity index is 1160. The van der Waals surface area contributed by atoms with Crippen molar-refractivity contribution >= 4 is 50.5 Å². The summed E-state index contributed by atoms with van der Waals surface area (Å²) in [5, 5.41) is 5.90. The molecule has 0 aliphatic carbocycles. The Labute approximate surface area is 187 Å². The summed E-state index contributed by atoms with van der Waals surface area (Å²) in [6.07, 6.45) is -0.552. The predicted octanol–water partition coefficient (Wildman–Crippen LogP) is 4.57. The lowest BCUT2D eigenvalue weighted by molar-refractivity contribution is 0.0523. The normalized spacial score (nSPS) is 11.2. The molecule has 3 aromatic rings. The molecule has 0 aliphatic heterocycles. The van der Waals surface area contributed by atoms with Gasteiger partial charge in [0.05, 0.1) is 0 Å². The van der Waals surface area contributed by atoms with E-state index < -0.39 is 23.5 Å². The Hall–Kier alpha value is -3.33. The van der Waals surface area contributed by atoms with Crippen LogP contribution in [-0.2, 0) is 11.3 Å². The van der Waals surface area contributed by atoms with Gasteiger partial charge in [0.2, 0.25) is 5.76 Å². The Kier molecular flexibility index (Phi) is 6.35. The van der Waals surface area contributed by atoms with Gasteiger partial charge in [-0.3, -0.25) is 9.59 Å². The van der Waals surface area contributed by atoms with Gasteiger partial charge in [-0.25, -0.2) is 4.79 Å². The lowest BCUT2D eigenvalue weighted by Crippen LogP contribution is -2.32. The maximum atomic E-state index is 12.9. The number of halogens is 1. The topological polar surface area (TPSA) is 124 Å². The van der Waals surface area contributed by atoms with E-state index in [1.165, 1.54) is 0 Å². The minimum atomic E-state index is -0.794. The molecule has 3 rings (SSSR count). The van der Waals surface area contributed by atoms with Crippen molar-refractivity contribution in [2.75, 3.05) is 5.32 Å². The molecule has 8 nitrogen and oxygen atoms in total. The number of furan rings is 1. The van der Waals surface area contributed by atoms with Crippen molar-refractivity contribution in [3.8, 4) is 0 Å². The SMILES string of the molecule is CC(C)(C)OC(=O)NCc1cccc(C(=O)Nc2c(C(N)=O)oc3ccc(Br)cc23)c1. The zero-order valence-corrected chi connectivity index (χ0v) is 18.8. The summed E-state index contributed by atoms with van der Waals surface area (Å²) in [5.41, 5.74) is 6.47. The summed E-state index contributed by atoms with van der Waals surface area (Å²) in [4.78, 5) is 36.5. The van der Waals surface area contributed by atoms with E-state index in [4.69, 9.17) is 14.9 Å². The molecule has 0 atom stereocenters. The molecule has 0 radical (unpaired) electrons. The average Bonchev–Trinajstić information content (AvgIpc) is 3.03. The van der Waals surface area contributed by atoms with Crippen LogP contribution in [0.2, 0.25) is 0 Å². The van der Waals surface area contributed by atoms with Gasteiger partial charge in [-0.2, -0.15) is 0 Å². The molecule has 1 heterocycles. The van der Waals surface area contributed by atoms with Gasteiger partial charge in [0.25, 0.3) is 11.8 Å². The second-order valence-corrected chi connectivity index (χ2v) is 8.74. The molecule has 0 aliphatic rings. The molecule has 31 heavy (non-hydrogen) atoms. The van der Waals surface area contributed by atoms with Gasteiger partial charge in [-0.1, -0.05) is 28.1 Å². The zero-order chi connectivity index (χ0) is 22.8. The standard InChI is InChI=1S/C22H22BrN3O5/c1-22(2,3)31-21(29)25-11-12-5-4-6-13(9-12)20(28)26-17-15-10-14(23)7-8-16(15)30-18(17)19(24)27/h4-10H,11H2,1-3H3,(H2,24,27)(H,25,29)(H,26,28). The quantitative estimate of drug-likeness (QED) is 0.486. The summed E-state index contributed by atoms with van der Waals surface area (Å²) in [6.45, 7) is 5.51. The average molecular weight is 488 g/mol. The van der Waals surface area contributed by atoms with Crippen LogP contribution in [0.5, 0.6) is 0 Å². The number of anilines is 1. The molecule has 1 aromatic heterocycles. The first-order valence-corrected chi connectivity index (χ1v) is 10.2. The van der Waals surface area contributed by atoms with Gasteiger partial charge >= 0.3 is 6.09 Å². The van der Waals surface area contributed by atoms with Crippen LogP contribution in [0.3, 0.4) is 0 Å². The fourth-order valence-corrected chi connectivity index (χ4v) is 3.23. The van der Waals surface area contributed by atoms with Crippen molar-refractivity contribution in [2.45, 2.75) is 32.9 Å². The number of fused-ring (bicyclic) bond motifs is 1. The van der Waals surface area contributed by atoms with Crippen LogP contribution >= 0.6 is 15.9 Å². The molecule has 0 unspecified atom stereocenters. The number of hydrogen-bond donors (Lipinski definition) is 3. The van der Waals surface area contributed by atoms with E-state index in [1.807, 2.05) is 0 Å². The number of carbonyl (C=O) groups is 3. The monoisotopic (exact) mass is 487 g/mol. The summed E-state index contributed by atoms with van der Waals surface area (Å²) in [7, 11) is 0.